The Morgan fingerprint density at radius 1 is 0.762 bits per heavy atom. The van der Waals surface area contributed by atoms with Crippen molar-refractivity contribution in [3.8, 4) is 0 Å². The second-order valence-electron chi connectivity index (χ2n) is 5.17. The fraction of sp³-hybridized carbons (Fsp3) is 0.875. The summed E-state index contributed by atoms with van der Waals surface area (Å²) in [6, 6.07) is 0. The molecule has 21 heavy (non-hydrogen) atoms. The van der Waals surface area contributed by atoms with Gasteiger partial charge in [0, 0.05) is 16.8 Å². The Morgan fingerprint density at radius 3 is 1.19 bits per heavy atom. The quantitative estimate of drug-likeness (QED) is 0.607. The zero-order valence-corrected chi connectivity index (χ0v) is 14.9. The predicted molar refractivity (Wildman–Crippen MR) is 81.9 cm³/mol. The summed E-state index contributed by atoms with van der Waals surface area (Å²) in [7, 11) is 0. The van der Waals surface area contributed by atoms with Crippen LogP contribution in [0.5, 0.6) is 0 Å². The van der Waals surface area contributed by atoms with Crippen molar-refractivity contribution in [1.29, 1.82) is 0 Å². The van der Waals surface area contributed by atoms with E-state index >= 15 is 0 Å². The van der Waals surface area contributed by atoms with Gasteiger partial charge in [0.1, 0.15) is 0 Å². The van der Waals surface area contributed by atoms with E-state index in [0.29, 0.717) is 0 Å². The third-order valence-corrected chi connectivity index (χ3v) is 3.50. The molecule has 5 heteroatoms. The third kappa shape index (κ3) is 15.7. The Morgan fingerprint density at radius 2 is 1.05 bits per heavy atom. The third-order valence-electron chi connectivity index (χ3n) is 3.50. The van der Waals surface area contributed by atoms with Gasteiger partial charge in [-0.3, -0.25) is 9.59 Å². The molecule has 0 heterocycles. The van der Waals surface area contributed by atoms with Crippen molar-refractivity contribution >= 4 is 11.9 Å². The first-order chi connectivity index (χ1) is 9.44. The first kappa shape index (κ1) is 25.4. The molecule has 0 aliphatic carbocycles. The molecular weight excluding hydrogens is 315 g/mol. The Bertz CT molecular complexity index is 231. The average Bonchev–Trinajstić information content (AvgIpc) is 2.40. The fourth-order valence-electron chi connectivity index (χ4n) is 1.91. The van der Waals surface area contributed by atoms with Crippen molar-refractivity contribution in [3.05, 3.63) is 0 Å². The van der Waals surface area contributed by atoms with E-state index in [1.807, 2.05) is 13.8 Å². The van der Waals surface area contributed by atoms with Crippen LogP contribution >= 0.6 is 0 Å². The molecule has 0 aliphatic heterocycles. The number of hydrogen-bond acceptors (Lipinski definition) is 2. The van der Waals surface area contributed by atoms with Crippen molar-refractivity contribution in [2.45, 2.75) is 79.1 Å². The summed E-state index contributed by atoms with van der Waals surface area (Å²) in [6.45, 7) is 8.01. The predicted octanol–water partition coefficient (Wildman–Crippen LogP) is 4.57. The first-order valence-electron chi connectivity index (χ1n) is 7.89. The van der Waals surface area contributed by atoms with E-state index in [0.717, 1.165) is 51.4 Å². The Hall–Kier alpha value is -0.554. The number of hydrogen-bond donors (Lipinski definition) is 2. The van der Waals surface area contributed by atoms with Crippen LogP contribution < -0.4 is 0 Å². The smallest absolute Gasteiger partial charge is 0.306 e. The van der Waals surface area contributed by atoms with Crippen LogP contribution in [0, 0.1) is 11.8 Å². The fourth-order valence-corrected chi connectivity index (χ4v) is 1.91. The van der Waals surface area contributed by atoms with Crippen LogP contribution in [0.2, 0.25) is 0 Å². The van der Waals surface area contributed by atoms with E-state index in [9.17, 15) is 9.59 Å². The molecule has 4 nitrogen and oxygen atoms in total. The molecule has 0 rings (SSSR count). The summed E-state index contributed by atoms with van der Waals surface area (Å²) >= 11 is 0. The molecule has 2 atom stereocenters. The van der Waals surface area contributed by atoms with Gasteiger partial charge in [0.15, 0.2) is 0 Å². The number of rotatable bonds is 10. The van der Waals surface area contributed by atoms with Gasteiger partial charge in [-0.2, -0.15) is 0 Å². The molecule has 0 bridgehead atoms. The largest absolute Gasteiger partial charge is 0.481 e. The van der Waals surface area contributed by atoms with Crippen molar-refractivity contribution < 1.29 is 36.6 Å². The summed E-state index contributed by atoms with van der Waals surface area (Å²) in [5, 5.41) is 17.2. The monoisotopic (exact) mass is 347 g/mol. The number of carboxylic acids is 2. The second kappa shape index (κ2) is 17.5. The van der Waals surface area contributed by atoms with Gasteiger partial charge in [0.25, 0.3) is 0 Å². The summed E-state index contributed by atoms with van der Waals surface area (Å²) in [6.07, 6.45) is 7.43. The molecule has 129 valence electrons. The number of aliphatic carboxylic acids is 2. The van der Waals surface area contributed by atoms with Gasteiger partial charge in [-0.25, -0.2) is 0 Å². The molecule has 0 saturated heterocycles. The van der Waals surface area contributed by atoms with Gasteiger partial charge in [-0.05, 0) is 25.7 Å². The van der Waals surface area contributed by atoms with Gasteiger partial charge >= 0.3 is 11.9 Å². The van der Waals surface area contributed by atoms with E-state index in [4.69, 9.17) is 10.2 Å². The van der Waals surface area contributed by atoms with E-state index in [-0.39, 0.29) is 28.6 Å². The summed E-state index contributed by atoms with van der Waals surface area (Å²) in [5.74, 6) is -1.51. The Balaban J connectivity index is -0.000000295. The van der Waals surface area contributed by atoms with Crippen LogP contribution in [-0.4, -0.2) is 22.2 Å². The minimum atomic E-state index is -0.643. The standard InChI is InChI=1S/2C8H16O2.Co/c2*1-3-5-6-7(4-2)8(9)10;/h2*7H,3-6H2,1-2H3,(H,9,10);. The molecule has 0 aliphatic rings. The minimum absolute atomic E-state index is 0. The van der Waals surface area contributed by atoms with Gasteiger partial charge in [0.2, 0.25) is 0 Å². The van der Waals surface area contributed by atoms with Crippen LogP contribution in [-0.2, 0) is 26.4 Å². The maximum atomic E-state index is 10.4. The van der Waals surface area contributed by atoms with Crippen LogP contribution in [0.25, 0.3) is 0 Å². The average molecular weight is 347 g/mol. The van der Waals surface area contributed by atoms with Crippen LogP contribution in [0.3, 0.4) is 0 Å². The van der Waals surface area contributed by atoms with Gasteiger partial charge in [-0.15, -0.1) is 0 Å². The van der Waals surface area contributed by atoms with E-state index in [2.05, 4.69) is 13.8 Å². The molecule has 0 aromatic heterocycles. The molecule has 2 N–H and O–H groups in total. The SMILES string of the molecule is CCCCC(CC)C(=O)O.CCCCC(CC)C(=O)O.[Co]. The van der Waals surface area contributed by atoms with Gasteiger partial charge < -0.3 is 10.2 Å². The molecule has 0 aromatic rings. The van der Waals surface area contributed by atoms with Crippen molar-refractivity contribution in [1.82, 2.24) is 0 Å². The normalized spacial score (nSPS) is 12.4. The minimum Gasteiger partial charge on any atom is -0.481 e. The first-order valence-corrected chi connectivity index (χ1v) is 7.89. The maximum absolute atomic E-state index is 10.4. The molecule has 0 aromatic carbocycles. The van der Waals surface area contributed by atoms with Crippen molar-refractivity contribution in [2.24, 2.45) is 11.8 Å². The number of carboxylic acid groups (broad SMARTS) is 2. The van der Waals surface area contributed by atoms with Gasteiger partial charge in [-0.1, -0.05) is 53.4 Å². The second-order valence-corrected chi connectivity index (χ2v) is 5.17. The zero-order chi connectivity index (χ0) is 16.0. The topological polar surface area (TPSA) is 74.6 Å². The Kier molecular flexibility index (Phi) is 21.2. The summed E-state index contributed by atoms with van der Waals surface area (Å²) in [5.41, 5.74) is 0. The van der Waals surface area contributed by atoms with E-state index in [1.54, 1.807) is 0 Å². The van der Waals surface area contributed by atoms with Crippen molar-refractivity contribution in [2.75, 3.05) is 0 Å². The molecule has 0 spiro atoms. The van der Waals surface area contributed by atoms with Gasteiger partial charge in [0.05, 0.1) is 11.8 Å². The molecular formula is C16H32CoO4. The number of unbranched alkanes of at least 4 members (excludes halogenated alkanes) is 2. The summed E-state index contributed by atoms with van der Waals surface area (Å²) in [4.78, 5) is 20.9. The molecule has 0 saturated carbocycles. The van der Waals surface area contributed by atoms with Crippen molar-refractivity contribution in [3.63, 3.8) is 0 Å². The van der Waals surface area contributed by atoms with Crippen LogP contribution in [0.4, 0.5) is 0 Å². The summed E-state index contributed by atoms with van der Waals surface area (Å²) < 4.78 is 0. The van der Waals surface area contributed by atoms with Crippen LogP contribution in [0.15, 0.2) is 0 Å². The zero-order valence-electron chi connectivity index (χ0n) is 13.9. The van der Waals surface area contributed by atoms with Crippen LogP contribution in [0.1, 0.15) is 79.1 Å². The molecule has 0 fully saturated rings. The maximum Gasteiger partial charge on any atom is 0.306 e. The number of carbonyl (C=O) groups is 2. The van der Waals surface area contributed by atoms with E-state index < -0.39 is 11.9 Å². The Labute approximate surface area is 139 Å². The molecule has 2 unspecified atom stereocenters. The molecule has 1 radical (unpaired) electrons. The molecule has 0 amide bonds. The van der Waals surface area contributed by atoms with E-state index in [1.165, 1.54) is 0 Å².